The van der Waals surface area contributed by atoms with Crippen LogP contribution in [0, 0.1) is 0 Å². The smallest absolute Gasteiger partial charge is 0.256 e. The Morgan fingerprint density at radius 3 is 2.74 bits per heavy atom. The van der Waals surface area contributed by atoms with E-state index in [0.29, 0.717) is 5.56 Å². The Morgan fingerprint density at radius 1 is 1.09 bits per heavy atom. The maximum absolute atomic E-state index is 12.5. The van der Waals surface area contributed by atoms with Crippen molar-refractivity contribution in [3.05, 3.63) is 71.5 Å². The Kier molecular flexibility index (Phi) is 3.48. The molecule has 1 aliphatic heterocycles. The van der Waals surface area contributed by atoms with Crippen LogP contribution in [0.2, 0.25) is 0 Å². The van der Waals surface area contributed by atoms with Crippen LogP contribution in [-0.2, 0) is 0 Å². The van der Waals surface area contributed by atoms with E-state index in [2.05, 4.69) is 10.6 Å². The minimum Gasteiger partial charge on any atom is -0.465 e. The van der Waals surface area contributed by atoms with Gasteiger partial charge in [-0.1, -0.05) is 30.3 Å². The van der Waals surface area contributed by atoms with Crippen molar-refractivity contribution in [3.63, 3.8) is 0 Å². The van der Waals surface area contributed by atoms with Crippen LogP contribution in [0.5, 0.6) is 0 Å². The van der Waals surface area contributed by atoms with Gasteiger partial charge in [0.05, 0.1) is 11.8 Å². The molecule has 1 amide bonds. The van der Waals surface area contributed by atoms with Gasteiger partial charge < -0.3 is 15.1 Å². The highest BCUT2D eigenvalue weighted by molar-refractivity contribution is 7.15. The van der Waals surface area contributed by atoms with Gasteiger partial charge >= 0.3 is 0 Å². The van der Waals surface area contributed by atoms with Crippen LogP contribution in [0.4, 0.5) is 5.00 Å². The summed E-state index contributed by atoms with van der Waals surface area (Å²) in [6.07, 6.45) is 5.09. The van der Waals surface area contributed by atoms with Gasteiger partial charge in [0.2, 0.25) is 0 Å². The van der Waals surface area contributed by atoms with Crippen molar-refractivity contribution < 1.29 is 9.21 Å². The van der Waals surface area contributed by atoms with Gasteiger partial charge in [-0.25, -0.2) is 0 Å². The van der Waals surface area contributed by atoms with Crippen molar-refractivity contribution in [3.8, 4) is 11.1 Å². The van der Waals surface area contributed by atoms with E-state index in [9.17, 15) is 4.79 Å². The van der Waals surface area contributed by atoms with Gasteiger partial charge in [-0.3, -0.25) is 4.79 Å². The zero-order valence-electron chi connectivity index (χ0n) is 12.2. The first kappa shape index (κ1) is 13.8. The van der Waals surface area contributed by atoms with E-state index in [1.165, 1.54) is 0 Å². The number of fused-ring (bicyclic) bond motifs is 1. The van der Waals surface area contributed by atoms with Gasteiger partial charge in [0, 0.05) is 10.9 Å². The first-order valence-electron chi connectivity index (χ1n) is 7.27. The molecule has 1 aliphatic rings. The van der Waals surface area contributed by atoms with Crippen molar-refractivity contribution in [2.45, 2.75) is 6.17 Å². The minimum absolute atomic E-state index is 0.0621. The summed E-state index contributed by atoms with van der Waals surface area (Å²) < 4.78 is 5.26. The van der Waals surface area contributed by atoms with Gasteiger partial charge in [-0.15, -0.1) is 11.3 Å². The van der Waals surface area contributed by atoms with Gasteiger partial charge in [-0.05, 0) is 29.8 Å². The molecule has 4 nitrogen and oxygen atoms in total. The Morgan fingerprint density at radius 2 is 1.96 bits per heavy atom. The quantitative estimate of drug-likeness (QED) is 0.760. The number of nitrogens with one attached hydrogen (secondary N) is 2. The summed E-state index contributed by atoms with van der Waals surface area (Å²) in [6.45, 7) is 0. The molecule has 1 aromatic carbocycles. The summed E-state index contributed by atoms with van der Waals surface area (Å²) in [5.74, 6) is 0.691. The van der Waals surface area contributed by atoms with Crippen LogP contribution < -0.4 is 10.6 Å². The molecule has 0 spiro atoms. The van der Waals surface area contributed by atoms with Crippen molar-refractivity contribution in [2.75, 3.05) is 5.32 Å². The number of hydrogen-bond acceptors (Lipinski definition) is 4. The largest absolute Gasteiger partial charge is 0.465 e. The standard InChI is InChI=1S/C18H14N2O2S/c21-17-16-14(12-5-2-1-3-6-12)11-23-18(16)20-15(19-17)9-8-13-7-4-10-22-13/h1-11,15,20H,(H,19,21)/b9-8+/t15-/m1/s1. The zero-order valence-corrected chi connectivity index (χ0v) is 13.0. The molecule has 1 atom stereocenters. The van der Waals surface area contributed by atoms with Crippen molar-refractivity contribution in [1.82, 2.24) is 5.32 Å². The summed E-state index contributed by atoms with van der Waals surface area (Å²) in [6, 6.07) is 13.6. The molecule has 0 unspecified atom stereocenters. The predicted octanol–water partition coefficient (Wildman–Crippen LogP) is 4.20. The molecule has 114 valence electrons. The van der Waals surface area contributed by atoms with E-state index in [-0.39, 0.29) is 12.1 Å². The highest BCUT2D eigenvalue weighted by Crippen LogP contribution is 2.37. The molecule has 4 rings (SSSR count). The van der Waals surface area contributed by atoms with Gasteiger partial charge in [0.15, 0.2) is 0 Å². The molecule has 0 saturated carbocycles. The molecule has 0 fully saturated rings. The van der Waals surface area contributed by atoms with Crippen molar-refractivity contribution in [2.24, 2.45) is 0 Å². The van der Waals surface area contributed by atoms with Crippen LogP contribution in [0.15, 0.2) is 64.6 Å². The normalized spacial score (nSPS) is 16.9. The molecule has 3 aromatic rings. The molecule has 0 aliphatic carbocycles. The molecular formula is C18H14N2O2S. The van der Waals surface area contributed by atoms with E-state index in [1.807, 2.05) is 60.0 Å². The highest BCUT2D eigenvalue weighted by atomic mass is 32.1. The second-order valence-electron chi connectivity index (χ2n) is 5.19. The lowest BCUT2D eigenvalue weighted by atomic mass is 10.0. The predicted molar refractivity (Wildman–Crippen MR) is 92.4 cm³/mol. The Labute approximate surface area is 137 Å². The molecule has 3 heterocycles. The second-order valence-corrected chi connectivity index (χ2v) is 6.07. The lowest BCUT2D eigenvalue weighted by molar-refractivity contribution is 0.0944. The molecule has 0 radical (unpaired) electrons. The average Bonchev–Trinajstić information content (AvgIpc) is 3.23. The number of anilines is 1. The van der Waals surface area contributed by atoms with Gasteiger partial charge in [0.1, 0.15) is 16.9 Å². The number of carbonyl (C=O) groups excluding carboxylic acids is 1. The maximum atomic E-state index is 12.5. The summed E-state index contributed by atoms with van der Waals surface area (Å²) in [5, 5.41) is 9.21. The summed E-state index contributed by atoms with van der Waals surface area (Å²) >= 11 is 1.55. The first-order chi connectivity index (χ1) is 11.3. The third kappa shape index (κ3) is 2.66. The van der Waals surface area contributed by atoms with Crippen LogP contribution in [-0.4, -0.2) is 12.1 Å². The van der Waals surface area contributed by atoms with E-state index in [0.717, 1.165) is 21.9 Å². The number of carbonyl (C=O) groups is 1. The minimum atomic E-state index is -0.248. The Hall–Kier alpha value is -2.79. The average molecular weight is 322 g/mol. The second kappa shape index (κ2) is 5.78. The van der Waals surface area contributed by atoms with E-state index < -0.39 is 0 Å². The monoisotopic (exact) mass is 322 g/mol. The molecule has 23 heavy (non-hydrogen) atoms. The zero-order chi connectivity index (χ0) is 15.6. The maximum Gasteiger partial charge on any atom is 0.256 e. The van der Waals surface area contributed by atoms with Crippen LogP contribution in [0.1, 0.15) is 16.1 Å². The number of amides is 1. The van der Waals surface area contributed by atoms with Crippen LogP contribution >= 0.6 is 11.3 Å². The molecule has 0 saturated heterocycles. The summed E-state index contributed by atoms with van der Waals surface area (Å²) in [4.78, 5) is 12.5. The third-order valence-corrected chi connectivity index (χ3v) is 4.58. The number of rotatable bonds is 3. The van der Waals surface area contributed by atoms with Gasteiger partial charge in [0.25, 0.3) is 5.91 Å². The lowest BCUT2D eigenvalue weighted by Gasteiger charge is -2.23. The number of thiophene rings is 1. The molecule has 2 N–H and O–H groups in total. The van der Waals surface area contributed by atoms with Crippen LogP contribution in [0.3, 0.4) is 0 Å². The molecule has 5 heteroatoms. The first-order valence-corrected chi connectivity index (χ1v) is 8.15. The number of furan rings is 1. The Bertz CT molecular complexity index is 851. The molecule has 0 bridgehead atoms. The Balaban J connectivity index is 1.61. The fraction of sp³-hybridized carbons (Fsp3) is 0.0556. The third-order valence-electron chi connectivity index (χ3n) is 3.67. The lowest BCUT2D eigenvalue weighted by Crippen LogP contribution is -2.43. The van der Waals surface area contributed by atoms with Crippen LogP contribution in [0.25, 0.3) is 17.2 Å². The van der Waals surface area contributed by atoms with Crippen molar-refractivity contribution in [1.29, 1.82) is 0 Å². The van der Waals surface area contributed by atoms with Crippen molar-refractivity contribution >= 4 is 28.3 Å². The fourth-order valence-corrected chi connectivity index (χ4v) is 3.59. The van der Waals surface area contributed by atoms with E-state index in [4.69, 9.17) is 4.42 Å². The topological polar surface area (TPSA) is 54.3 Å². The highest BCUT2D eigenvalue weighted by Gasteiger charge is 2.27. The van der Waals surface area contributed by atoms with E-state index in [1.54, 1.807) is 17.6 Å². The SMILES string of the molecule is O=C1N[C@@H](/C=C/c2ccco2)Nc2scc(-c3ccccc3)c21. The summed E-state index contributed by atoms with van der Waals surface area (Å²) in [7, 11) is 0. The molecule has 2 aromatic heterocycles. The van der Waals surface area contributed by atoms with Gasteiger partial charge in [-0.2, -0.15) is 0 Å². The number of benzene rings is 1. The number of hydrogen-bond donors (Lipinski definition) is 2. The van der Waals surface area contributed by atoms with E-state index >= 15 is 0 Å². The molecular weight excluding hydrogens is 308 g/mol. The fourth-order valence-electron chi connectivity index (χ4n) is 2.58. The summed E-state index contributed by atoms with van der Waals surface area (Å²) in [5.41, 5.74) is 2.72.